The van der Waals surface area contributed by atoms with Gasteiger partial charge in [0.25, 0.3) is 5.56 Å². The Balaban J connectivity index is 1.69. The zero-order valence-electron chi connectivity index (χ0n) is 12.6. The molecule has 0 bridgehead atoms. The van der Waals surface area contributed by atoms with Gasteiger partial charge >= 0.3 is 0 Å². The van der Waals surface area contributed by atoms with Gasteiger partial charge in [0.15, 0.2) is 0 Å². The molecule has 2 aromatic heterocycles. The lowest BCUT2D eigenvalue weighted by Crippen LogP contribution is -2.27. The van der Waals surface area contributed by atoms with Gasteiger partial charge in [0.2, 0.25) is 4.96 Å². The maximum atomic E-state index is 12.2. The van der Waals surface area contributed by atoms with Crippen molar-refractivity contribution < 1.29 is 0 Å². The largest absolute Gasteiger partial charge is 0.363 e. The lowest BCUT2D eigenvalue weighted by Gasteiger charge is -2.24. The van der Waals surface area contributed by atoms with Crippen molar-refractivity contribution in [2.75, 3.05) is 4.90 Å². The summed E-state index contributed by atoms with van der Waals surface area (Å²) in [5.74, 6) is 0. The van der Waals surface area contributed by atoms with Gasteiger partial charge in [-0.15, -0.1) is 0 Å². The zero-order valence-corrected chi connectivity index (χ0v) is 15.0. The smallest absolute Gasteiger partial charge is 0.275 e. The van der Waals surface area contributed by atoms with Gasteiger partial charge in [0.1, 0.15) is 5.01 Å². The van der Waals surface area contributed by atoms with Gasteiger partial charge < -0.3 is 4.90 Å². The van der Waals surface area contributed by atoms with Crippen molar-refractivity contribution >= 4 is 37.9 Å². The van der Waals surface area contributed by atoms with E-state index in [0.29, 0.717) is 17.5 Å². The van der Waals surface area contributed by atoms with E-state index in [9.17, 15) is 4.79 Å². The van der Waals surface area contributed by atoms with E-state index in [1.807, 2.05) is 19.1 Å². The van der Waals surface area contributed by atoms with E-state index in [4.69, 9.17) is 0 Å². The number of aromatic nitrogens is 3. The maximum absolute atomic E-state index is 12.2. The molecule has 1 fully saturated rings. The number of fused-ring (bicyclic) bond motifs is 1. The SMILES string of the molecule is Cc1nn2c(=O)cc(CN(c3ccc(Br)cc3)C3CC3)nc2s1. The highest BCUT2D eigenvalue weighted by Crippen LogP contribution is 2.33. The summed E-state index contributed by atoms with van der Waals surface area (Å²) >= 11 is 4.92. The first-order valence-corrected chi connectivity index (χ1v) is 9.10. The summed E-state index contributed by atoms with van der Waals surface area (Å²) < 4.78 is 2.44. The average molecular weight is 391 g/mol. The van der Waals surface area contributed by atoms with Gasteiger partial charge in [-0.05, 0) is 44.0 Å². The molecule has 118 valence electrons. The second-order valence-corrected chi connectivity index (χ2v) is 7.81. The summed E-state index contributed by atoms with van der Waals surface area (Å²) in [4.78, 5) is 19.8. The van der Waals surface area contributed by atoms with Crippen LogP contribution in [0.2, 0.25) is 0 Å². The summed E-state index contributed by atoms with van der Waals surface area (Å²) in [5, 5.41) is 5.04. The molecule has 1 aliphatic rings. The molecule has 1 aliphatic carbocycles. The maximum Gasteiger partial charge on any atom is 0.275 e. The monoisotopic (exact) mass is 390 g/mol. The molecule has 3 aromatic rings. The second kappa shape index (κ2) is 5.72. The lowest BCUT2D eigenvalue weighted by atomic mass is 10.2. The summed E-state index contributed by atoms with van der Waals surface area (Å²) in [6, 6.07) is 10.4. The Morgan fingerprint density at radius 1 is 1.35 bits per heavy atom. The quantitative estimate of drug-likeness (QED) is 0.684. The fourth-order valence-corrected chi connectivity index (χ4v) is 3.69. The Morgan fingerprint density at radius 2 is 2.09 bits per heavy atom. The summed E-state index contributed by atoms with van der Waals surface area (Å²) in [7, 11) is 0. The molecule has 2 heterocycles. The van der Waals surface area contributed by atoms with Crippen LogP contribution in [0.15, 0.2) is 39.6 Å². The Bertz CT molecular complexity index is 914. The molecule has 0 radical (unpaired) electrons. The van der Waals surface area contributed by atoms with E-state index in [1.54, 1.807) is 6.07 Å². The lowest BCUT2D eigenvalue weighted by molar-refractivity contribution is 0.766. The Morgan fingerprint density at radius 3 is 2.78 bits per heavy atom. The predicted molar refractivity (Wildman–Crippen MR) is 95.2 cm³/mol. The molecule has 0 aliphatic heterocycles. The fraction of sp³-hybridized carbons (Fsp3) is 0.312. The molecule has 0 atom stereocenters. The second-order valence-electron chi connectivity index (χ2n) is 5.74. The van der Waals surface area contributed by atoms with Crippen molar-refractivity contribution in [3.63, 3.8) is 0 Å². The molecule has 1 aromatic carbocycles. The third-order valence-corrected chi connectivity index (χ3v) is 5.23. The average Bonchev–Trinajstić information content (AvgIpc) is 3.28. The standard InChI is InChI=1S/C16H15BrN4OS/c1-10-19-21-15(22)8-12(18-16(21)23-10)9-20(14-6-7-14)13-4-2-11(17)3-5-13/h2-5,8,14H,6-7,9H2,1H3. The van der Waals surface area contributed by atoms with Gasteiger partial charge in [-0.25, -0.2) is 4.98 Å². The van der Waals surface area contributed by atoms with Gasteiger partial charge in [-0.2, -0.15) is 9.61 Å². The van der Waals surface area contributed by atoms with Crippen LogP contribution in [0.25, 0.3) is 4.96 Å². The van der Waals surface area contributed by atoms with Gasteiger partial charge in [0.05, 0.1) is 12.2 Å². The summed E-state index contributed by atoms with van der Waals surface area (Å²) in [5.41, 5.74) is 1.85. The van der Waals surface area contributed by atoms with Crippen molar-refractivity contribution in [1.29, 1.82) is 0 Å². The van der Waals surface area contributed by atoms with Gasteiger partial charge in [0, 0.05) is 22.3 Å². The van der Waals surface area contributed by atoms with E-state index in [1.165, 1.54) is 28.7 Å². The van der Waals surface area contributed by atoms with Gasteiger partial charge in [-0.3, -0.25) is 4.79 Å². The van der Waals surface area contributed by atoms with Crippen molar-refractivity contribution in [1.82, 2.24) is 14.6 Å². The van der Waals surface area contributed by atoms with Crippen LogP contribution in [-0.4, -0.2) is 20.6 Å². The number of nitrogens with zero attached hydrogens (tertiary/aromatic N) is 4. The molecule has 0 N–H and O–H groups in total. The van der Waals surface area contributed by atoms with Crippen molar-refractivity contribution in [2.45, 2.75) is 32.4 Å². The van der Waals surface area contributed by atoms with E-state index >= 15 is 0 Å². The highest BCUT2D eigenvalue weighted by atomic mass is 79.9. The van der Waals surface area contributed by atoms with Crippen LogP contribution in [0.5, 0.6) is 0 Å². The first-order valence-electron chi connectivity index (χ1n) is 7.49. The van der Waals surface area contributed by atoms with Crippen molar-refractivity contribution in [3.8, 4) is 0 Å². The molecule has 23 heavy (non-hydrogen) atoms. The van der Waals surface area contributed by atoms with Crippen molar-refractivity contribution in [3.05, 3.63) is 55.9 Å². The van der Waals surface area contributed by atoms with Crippen LogP contribution in [0.4, 0.5) is 5.69 Å². The highest BCUT2D eigenvalue weighted by Gasteiger charge is 2.29. The molecule has 5 nitrogen and oxygen atoms in total. The van der Waals surface area contributed by atoms with Crippen LogP contribution in [0.1, 0.15) is 23.5 Å². The number of benzene rings is 1. The minimum atomic E-state index is -0.110. The molecule has 1 saturated carbocycles. The van der Waals surface area contributed by atoms with E-state index < -0.39 is 0 Å². The third-order valence-electron chi connectivity index (χ3n) is 3.88. The summed E-state index contributed by atoms with van der Waals surface area (Å²) in [6.45, 7) is 2.53. The number of anilines is 1. The number of hydrogen-bond donors (Lipinski definition) is 0. The first kappa shape index (κ1) is 14.8. The minimum absolute atomic E-state index is 0.110. The predicted octanol–water partition coefficient (Wildman–Crippen LogP) is 3.39. The first-order chi connectivity index (χ1) is 11.1. The fourth-order valence-electron chi connectivity index (χ4n) is 2.66. The van der Waals surface area contributed by atoms with Gasteiger partial charge in [-0.1, -0.05) is 27.3 Å². The Hall–Kier alpha value is -1.73. The van der Waals surface area contributed by atoms with Crippen molar-refractivity contribution in [2.24, 2.45) is 0 Å². The van der Waals surface area contributed by atoms with Crippen LogP contribution >= 0.6 is 27.3 Å². The molecule has 7 heteroatoms. The molecule has 4 rings (SSSR count). The number of rotatable bonds is 4. The number of hydrogen-bond acceptors (Lipinski definition) is 5. The molecular weight excluding hydrogens is 376 g/mol. The Kier molecular flexibility index (Phi) is 3.69. The molecule has 0 amide bonds. The van der Waals surface area contributed by atoms with E-state index in [2.05, 4.69) is 43.0 Å². The van der Waals surface area contributed by atoms with Crippen LogP contribution in [0, 0.1) is 6.92 Å². The van der Waals surface area contributed by atoms with Crippen LogP contribution < -0.4 is 10.5 Å². The third kappa shape index (κ3) is 3.03. The molecule has 0 saturated heterocycles. The Labute approximate surface area is 145 Å². The number of halogens is 1. The van der Waals surface area contributed by atoms with Crippen LogP contribution in [-0.2, 0) is 6.54 Å². The normalized spacial score (nSPS) is 14.3. The van der Waals surface area contributed by atoms with E-state index in [-0.39, 0.29) is 5.56 Å². The molecule has 0 unspecified atom stereocenters. The van der Waals surface area contributed by atoms with Crippen LogP contribution in [0.3, 0.4) is 0 Å². The minimum Gasteiger partial charge on any atom is -0.363 e. The highest BCUT2D eigenvalue weighted by molar-refractivity contribution is 9.10. The topological polar surface area (TPSA) is 50.5 Å². The summed E-state index contributed by atoms with van der Waals surface area (Å²) in [6.07, 6.45) is 2.38. The molecule has 0 spiro atoms. The number of aryl methyl sites for hydroxylation is 1. The zero-order chi connectivity index (χ0) is 16.0. The molecular formula is C16H15BrN4OS. The van der Waals surface area contributed by atoms with E-state index in [0.717, 1.165) is 20.9 Å².